The van der Waals surface area contributed by atoms with Crippen LogP contribution in [0.2, 0.25) is 0 Å². The lowest BCUT2D eigenvalue weighted by molar-refractivity contribution is 0.295. The van der Waals surface area contributed by atoms with Gasteiger partial charge in [0.1, 0.15) is 10.6 Å². The maximum absolute atomic E-state index is 11.3. The highest BCUT2D eigenvalue weighted by Gasteiger charge is 2.24. The van der Waals surface area contributed by atoms with Crippen molar-refractivity contribution in [2.75, 3.05) is 13.7 Å². The predicted molar refractivity (Wildman–Crippen MR) is 65.0 cm³/mol. The summed E-state index contributed by atoms with van der Waals surface area (Å²) in [6.07, 6.45) is -0.0605. The fraction of sp³-hybridized carbons (Fsp3) is 0.333. The number of sulfonamides is 1. The summed E-state index contributed by atoms with van der Waals surface area (Å²) >= 11 is 0. The average Bonchev–Trinajstić information content (AvgIpc) is 2.26. The number of ether oxygens (including phenoxy) is 1. The lowest BCUT2D eigenvalue weighted by Crippen LogP contribution is -2.15. The summed E-state index contributed by atoms with van der Waals surface area (Å²) in [6, 6.07) is 1.78. The van der Waals surface area contributed by atoms with E-state index < -0.39 is 29.9 Å². The van der Waals surface area contributed by atoms with Gasteiger partial charge in [-0.1, -0.05) is 0 Å². The van der Waals surface area contributed by atoms with Crippen LogP contribution in [0.25, 0.3) is 0 Å². The van der Waals surface area contributed by atoms with Gasteiger partial charge in [0, 0.05) is 6.61 Å². The van der Waals surface area contributed by atoms with Gasteiger partial charge >= 0.3 is 0 Å². The number of methoxy groups -OCH3 is 1. The van der Waals surface area contributed by atoms with Gasteiger partial charge in [0.2, 0.25) is 10.0 Å². The molecule has 0 fully saturated rings. The molecule has 1 aromatic carbocycles. The lowest BCUT2D eigenvalue weighted by atomic mass is 10.1. The molecule has 0 radical (unpaired) electrons. The van der Waals surface area contributed by atoms with Crippen LogP contribution in [0, 0.1) is 0 Å². The van der Waals surface area contributed by atoms with Crippen molar-refractivity contribution in [3.63, 3.8) is 0 Å². The normalized spacial score (nSPS) is 12.4. The van der Waals surface area contributed by atoms with E-state index in [1.807, 2.05) is 0 Å². The van der Waals surface area contributed by atoms with E-state index in [-0.39, 0.29) is 24.3 Å². The third kappa shape index (κ3) is 3.64. The average molecular weight is 311 g/mol. The summed E-state index contributed by atoms with van der Waals surface area (Å²) in [6.45, 7) is -0.366. The van der Waals surface area contributed by atoms with Crippen LogP contribution >= 0.6 is 0 Å². The van der Waals surface area contributed by atoms with E-state index in [1.165, 1.54) is 0 Å². The Hall–Kier alpha value is -1.20. The molecular formula is C9H13NO7S2. The number of nitrogens with two attached hydrogens (primary N) is 1. The lowest BCUT2D eigenvalue weighted by Gasteiger charge is -2.13. The largest absolute Gasteiger partial charge is 0.495 e. The molecule has 0 aliphatic heterocycles. The van der Waals surface area contributed by atoms with E-state index in [0.717, 1.165) is 13.2 Å². The molecule has 4 N–H and O–H groups in total. The Labute approximate surface area is 110 Å². The van der Waals surface area contributed by atoms with Gasteiger partial charge in [-0.25, -0.2) is 13.6 Å². The smallest absolute Gasteiger partial charge is 0.298 e. The van der Waals surface area contributed by atoms with Crippen LogP contribution < -0.4 is 9.88 Å². The molecule has 0 unspecified atom stereocenters. The summed E-state index contributed by atoms with van der Waals surface area (Å²) in [5.74, 6) is -0.232. The van der Waals surface area contributed by atoms with Gasteiger partial charge in [0.25, 0.3) is 10.1 Å². The second kappa shape index (κ2) is 5.43. The second-order valence-corrected chi connectivity index (χ2v) is 6.56. The molecule has 19 heavy (non-hydrogen) atoms. The van der Waals surface area contributed by atoms with E-state index in [1.54, 1.807) is 0 Å². The standard InChI is InChI=1S/C9H13NO7S2/c1-17-9-6(2-3-11)4-7(18(10,12)13)5-8(9)19(14,15)16/h4-5,11H,2-3H2,1H3,(H2,10,12,13)(H,14,15,16). The van der Waals surface area contributed by atoms with Crippen molar-refractivity contribution < 1.29 is 31.2 Å². The molecule has 0 amide bonds. The quantitative estimate of drug-likeness (QED) is 0.599. The highest BCUT2D eigenvalue weighted by atomic mass is 32.2. The molecule has 0 bridgehead atoms. The van der Waals surface area contributed by atoms with Crippen molar-refractivity contribution in [2.45, 2.75) is 16.2 Å². The summed E-state index contributed by atoms with van der Waals surface area (Å²) in [5.41, 5.74) is 0.101. The SMILES string of the molecule is COc1c(CCO)cc(S(N)(=O)=O)cc1S(=O)(=O)O. The number of hydrogen-bond donors (Lipinski definition) is 3. The Morgan fingerprint density at radius 2 is 1.84 bits per heavy atom. The van der Waals surface area contributed by atoms with Crippen LogP contribution in [0.4, 0.5) is 0 Å². The summed E-state index contributed by atoms with van der Waals surface area (Å²) in [7, 11) is -7.71. The van der Waals surface area contributed by atoms with Gasteiger partial charge in [0.05, 0.1) is 12.0 Å². The molecule has 1 rings (SSSR count). The van der Waals surface area contributed by atoms with E-state index in [9.17, 15) is 16.8 Å². The summed E-state index contributed by atoms with van der Waals surface area (Å²) in [5, 5.41) is 13.8. The molecule has 8 nitrogen and oxygen atoms in total. The Morgan fingerprint density at radius 1 is 1.26 bits per heavy atom. The van der Waals surface area contributed by atoms with Crippen molar-refractivity contribution in [3.05, 3.63) is 17.7 Å². The van der Waals surface area contributed by atoms with Crippen LogP contribution in [0.1, 0.15) is 5.56 Å². The maximum Gasteiger partial charge on any atom is 0.298 e. The molecule has 1 aromatic rings. The van der Waals surface area contributed by atoms with Crippen LogP contribution in [0.15, 0.2) is 21.9 Å². The van der Waals surface area contributed by atoms with Crippen LogP contribution in [-0.2, 0) is 26.6 Å². The minimum absolute atomic E-state index is 0.0605. The first-order chi connectivity index (χ1) is 8.61. The fourth-order valence-electron chi connectivity index (χ4n) is 1.53. The minimum atomic E-state index is -4.70. The van der Waals surface area contributed by atoms with Crippen LogP contribution in [0.3, 0.4) is 0 Å². The molecule has 0 heterocycles. The zero-order valence-electron chi connectivity index (χ0n) is 9.90. The van der Waals surface area contributed by atoms with Crippen molar-refractivity contribution in [1.82, 2.24) is 0 Å². The van der Waals surface area contributed by atoms with Crippen molar-refractivity contribution >= 4 is 20.1 Å². The minimum Gasteiger partial charge on any atom is -0.495 e. The number of primary sulfonamides is 1. The predicted octanol–water partition coefficient (Wildman–Crippen LogP) is -0.876. The molecule has 0 saturated heterocycles. The number of hydrogen-bond acceptors (Lipinski definition) is 6. The monoisotopic (exact) mass is 311 g/mol. The van der Waals surface area contributed by atoms with Gasteiger partial charge < -0.3 is 9.84 Å². The Morgan fingerprint density at radius 3 is 2.21 bits per heavy atom. The molecule has 0 aliphatic rings. The van der Waals surface area contributed by atoms with Crippen LogP contribution in [0.5, 0.6) is 5.75 Å². The van der Waals surface area contributed by atoms with E-state index in [4.69, 9.17) is 19.5 Å². The Kier molecular flexibility index (Phi) is 4.53. The summed E-state index contributed by atoms with van der Waals surface area (Å²) in [4.78, 5) is -1.21. The first-order valence-corrected chi connectivity index (χ1v) is 7.92. The van der Waals surface area contributed by atoms with E-state index in [0.29, 0.717) is 6.07 Å². The van der Waals surface area contributed by atoms with Gasteiger partial charge in [-0.2, -0.15) is 8.42 Å². The zero-order valence-corrected chi connectivity index (χ0v) is 11.5. The zero-order chi connectivity index (χ0) is 14.8. The second-order valence-electron chi connectivity index (χ2n) is 3.61. The van der Waals surface area contributed by atoms with Gasteiger partial charge in [-0.3, -0.25) is 4.55 Å². The molecule has 0 aromatic heterocycles. The van der Waals surface area contributed by atoms with Crippen LogP contribution in [-0.4, -0.2) is 40.2 Å². The number of aliphatic hydroxyl groups excluding tert-OH is 1. The third-order valence-corrected chi connectivity index (χ3v) is 4.05. The van der Waals surface area contributed by atoms with Crippen molar-refractivity contribution in [2.24, 2.45) is 5.14 Å². The van der Waals surface area contributed by atoms with Crippen molar-refractivity contribution in [1.29, 1.82) is 0 Å². The molecule has 10 heteroatoms. The highest BCUT2D eigenvalue weighted by Crippen LogP contribution is 2.31. The topological polar surface area (TPSA) is 144 Å². The summed E-state index contributed by atoms with van der Waals surface area (Å²) < 4.78 is 58.9. The molecule has 0 saturated carbocycles. The number of benzene rings is 1. The fourth-order valence-corrected chi connectivity index (χ4v) is 2.91. The molecule has 108 valence electrons. The maximum atomic E-state index is 11.3. The highest BCUT2D eigenvalue weighted by molar-refractivity contribution is 7.89. The molecule has 0 spiro atoms. The molecular weight excluding hydrogens is 298 g/mol. The number of rotatable bonds is 5. The van der Waals surface area contributed by atoms with E-state index in [2.05, 4.69) is 0 Å². The first kappa shape index (κ1) is 15.9. The van der Waals surface area contributed by atoms with Crippen molar-refractivity contribution in [3.8, 4) is 5.75 Å². The van der Waals surface area contributed by atoms with Gasteiger partial charge in [-0.05, 0) is 24.1 Å². The van der Waals surface area contributed by atoms with Gasteiger partial charge in [-0.15, -0.1) is 0 Å². The number of aliphatic hydroxyl groups is 1. The third-order valence-electron chi connectivity index (χ3n) is 2.30. The first-order valence-electron chi connectivity index (χ1n) is 4.93. The van der Waals surface area contributed by atoms with Gasteiger partial charge in [0.15, 0.2) is 0 Å². The molecule has 0 atom stereocenters. The molecule has 0 aliphatic carbocycles. The Bertz CT molecular complexity index is 679. The Balaban J connectivity index is 3.74. The van der Waals surface area contributed by atoms with E-state index >= 15 is 0 Å².